The molecule has 1 aliphatic rings. The predicted octanol–water partition coefficient (Wildman–Crippen LogP) is 2.07. The summed E-state index contributed by atoms with van der Waals surface area (Å²) in [4.78, 5) is 16.4. The maximum absolute atomic E-state index is 12.3. The van der Waals surface area contributed by atoms with Gasteiger partial charge < -0.3 is 4.74 Å². The van der Waals surface area contributed by atoms with Gasteiger partial charge in [-0.3, -0.25) is 4.31 Å². The lowest BCUT2D eigenvalue weighted by Crippen LogP contribution is -2.33. The number of carbonyl (C=O) groups excluding carboxylic acids is 1. The third-order valence-corrected chi connectivity index (χ3v) is 4.83. The molecule has 1 unspecified atom stereocenters. The van der Waals surface area contributed by atoms with E-state index in [0.29, 0.717) is 21.7 Å². The Morgan fingerprint density at radius 1 is 1.30 bits per heavy atom. The second-order valence-electron chi connectivity index (χ2n) is 4.31. The van der Waals surface area contributed by atoms with Crippen LogP contribution in [0.4, 0.5) is 5.69 Å². The number of carbonyl (C=O) groups is 1. The third kappa shape index (κ3) is 2.35. The number of esters is 1. The summed E-state index contributed by atoms with van der Waals surface area (Å²) in [5.74, 6) is -0.445. The van der Waals surface area contributed by atoms with Crippen LogP contribution >= 0.6 is 0 Å². The maximum atomic E-state index is 12.3. The lowest BCUT2D eigenvalue weighted by Gasteiger charge is -2.23. The molecule has 0 saturated carbocycles. The van der Waals surface area contributed by atoms with E-state index < -0.39 is 23.2 Å². The van der Waals surface area contributed by atoms with Gasteiger partial charge in [0.15, 0.2) is 17.2 Å². The number of hydrogen-bond acceptors (Lipinski definition) is 5. The second kappa shape index (κ2) is 5.74. The molecule has 20 heavy (non-hydrogen) atoms. The Balaban J connectivity index is 2.33. The fraction of sp³-hybridized carbons (Fsp3) is 0.308. The van der Waals surface area contributed by atoms with Crippen molar-refractivity contribution < 1.29 is 23.9 Å². The van der Waals surface area contributed by atoms with Crippen LogP contribution in [0, 0.1) is 0 Å². The zero-order valence-corrected chi connectivity index (χ0v) is 12.1. The van der Waals surface area contributed by atoms with Crippen molar-refractivity contribution in [3.8, 4) is 0 Å². The number of allylic oxidation sites excluding steroid dienone is 1. The van der Waals surface area contributed by atoms with Crippen LogP contribution in [0.3, 0.4) is 0 Å². The van der Waals surface area contributed by atoms with Crippen molar-refractivity contribution in [1.82, 2.24) is 0 Å². The van der Waals surface area contributed by atoms with Crippen molar-refractivity contribution in [2.75, 3.05) is 11.4 Å². The number of rotatable bonds is 3. The molecule has 1 aromatic carbocycles. The van der Waals surface area contributed by atoms with Gasteiger partial charge in [0.1, 0.15) is 0 Å². The molecule has 0 aromatic heterocycles. The van der Waals surface area contributed by atoms with Crippen molar-refractivity contribution in [2.24, 2.45) is 0 Å². The summed E-state index contributed by atoms with van der Waals surface area (Å²) in [6, 6.07) is 6.38. The molecule has 2 atom stereocenters. The number of nitrogens with zero attached hydrogens (tertiary/aromatic N) is 1. The van der Waals surface area contributed by atoms with E-state index in [4.69, 9.17) is 5.26 Å². The Morgan fingerprint density at radius 3 is 2.40 bits per heavy atom. The molecule has 1 heterocycles. The first-order chi connectivity index (χ1) is 9.51. The first-order valence-electron chi connectivity index (χ1n) is 5.88. The molecule has 0 radical (unpaired) electrons. The van der Waals surface area contributed by atoms with E-state index in [9.17, 15) is 9.00 Å². The van der Waals surface area contributed by atoms with Crippen LogP contribution in [-0.2, 0) is 20.6 Å². The molecule has 7 heteroatoms. The van der Waals surface area contributed by atoms with Crippen LogP contribution in [0.5, 0.6) is 0 Å². The second-order valence-corrected chi connectivity index (χ2v) is 5.81. The Bertz CT molecular complexity index is 581. The van der Waals surface area contributed by atoms with Crippen molar-refractivity contribution in [3.63, 3.8) is 0 Å². The molecule has 2 rings (SSSR count). The zero-order valence-electron chi connectivity index (χ0n) is 11.3. The summed E-state index contributed by atoms with van der Waals surface area (Å²) in [6.07, 6.45) is -0.792. The van der Waals surface area contributed by atoms with Gasteiger partial charge in [-0.15, -0.1) is 0 Å². The van der Waals surface area contributed by atoms with Gasteiger partial charge in [0.05, 0.1) is 18.4 Å². The van der Waals surface area contributed by atoms with E-state index >= 15 is 0 Å². The van der Waals surface area contributed by atoms with Crippen molar-refractivity contribution in [2.45, 2.75) is 20.1 Å². The lowest BCUT2D eigenvalue weighted by molar-refractivity contribution is -0.264. The molecule has 0 fully saturated rings. The third-order valence-electron chi connectivity index (χ3n) is 3.22. The molecule has 1 aromatic rings. The molecule has 0 aliphatic carbocycles. The van der Waals surface area contributed by atoms with E-state index in [1.54, 1.807) is 38.1 Å². The highest BCUT2D eigenvalue weighted by Gasteiger charge is 2.36. The largest absolute Gasteiger partial charge is 0.465 e. The minimum Gasteiger partial charge on any atom is -0.465 e. The first kappa shape index (κ1) is 14.7. The highest BCUT2D eigenvalue weighted by atomic mass is 32.2. The Morgan fingerprint density at radius 2 is 1.90 bits per heavy atom. The van der Waals surface area contributed by atoms with Crippen LogP contribution < -0.4 is 4.31 Å². The summed E-state index contributed by atoms with van der Waals surface area (Å²) in [7, 11) is -0.120. The van der Waals surface area contributed by atoms with Crippen LogP contribution in [0.1, 0.15) is 24.2 Å². The van der Waals surface area contributed by atoms with Crippen molar-refractivity contribution in [3.05, 3.63) is 40.3 Å². The molecular weight excluding hydrogens is 282 g/mol. The van der Waals surface area contributed by atoms with Gasteiger partial charge in [0, 0.05) is 4.91 Å². The van der Waals surface area contributed by atoms with E-state index in [-0.39, 0.29) is 0 Å². The van der Waals surface area contributed by atoms with E-state index in [1.165, 1.54) is 11.4 Å². The molecule has 1 N–H and O–H groups in total. The van der Waals surface area contributed by atoms with Gasteiger partial charge in [-0.2, -0.15) is 0 Å². The monoisotopic (exact) mass is 297 g/mol. The molecule has 108 valence electrons. The standard InChI is InChI=1S/C13H15NO5S/c1-8-9(2)20(17)14(12(8)19-16)11-6-4-10(5-7-11)13(15)18-3/h4-7,12,16H,1-3H3/t12-,20?/m1/s1. The van der Waals surface area contributed by atoms with Crippen LogP contribution in [-0.4, -0.2) is 28.8 Å². The average molecular weight is 297 g/mol. The van der Waals surface area contributed by atoms with Gasteiger partial charge in [-0.25, -0.2) is 19.1 Å². The average Bonchev–Trinajstić information content (AvgIpc) is 2.70. The fourth-order valence-electron chi connectivity index (χ4n) is 1.94. The van der Waals surface area contributed by atoms with Crippen molar-refractivity contribution >= 4 is 22.6 Å². The quantitative estimate of drug-likeness (QED) is 0.525. The van der Waals surface area contributed by atoms with Crippen LogP contribution in [0.2, 0.25) is 0 Å². The fourth-order valence-corrected chi connectivity index (χ4v) is 3.29. The molecular formula is C13H15NO5S. The van der Waals surface area contributed by atoms with E-state index in [1.807, 2.05) is 0 Å². The maximum Gasteiger partial charge on any atom is 0.337 e. The summed E-state index contributed by atoms with van der Waals surface area (Å²) in [5, 5.41) is 9.00. The molecule has 0 bridgehead atoms. The summed E-state index contributed by atoms with van der Waals surface area (Å²) in [5.41, 5.74) is 1.67. The topological polar surface area (TPSA) is 76.1 Å². The zero-order chi connectivity index (χ0) is 14.9. The molecule has 6 nitrogen and oxygen atoms in total. The highest BCUT2D eigenvalue weighted by molar-refractivity contribution is 7.90. The number of anilines is 1. The van der Waals surface area contributed by atoms with Crippen LogP contribution in [0.15, 0.2) is 34.7 Å². The van der Waals surface area contributed by atoms with Gasteiger partial charge in [-0.05, 0) is 43.7 Å². The number of benzene rings is 1. The van der Waals surface area contributed by atoms with Crippen molar-refractivity contribution in [1.29, 1.82) is 0 Å². The normalized spacial score (nSPS) is 22.3. The number of methoxy groups -OCH3 is 1. The SMILES string of the molecule is COC(=O)c1ccc(N2[C@H](OO)C(C)=C(C)S2=O)cc1. The van der Waals surface area contributed by atoms with Gasteiger partial charge in [0.25, 0.3) is 0 Å². The Hall–Kier alpha value is -1.70. The summed E-state index contributed by atoms with van der Waals surface area (Å²) in [6.45, 7) is 3.47. The Labute approximate surface area is 119 Å². The molecule has 1 aliphatic heterocycles. The lowest BCUT2D eigenvalue weighted by atomic mass is 10.2. The van der Waals surface area contributed by atoms with Gasteiger partial charge in [0.2, 0.25) is 0 Å². The minimum atomic E-state index is -1.42. The first-order valence-corrected chi connectivity index (χ1v) is 6.99. The summed E-state index contributed by atoms with van der Waals surface area (Å²) >= 11 is 0. The smallest absolute Gasteiger partial charge is 0.337 e. The van der Waals surface area contributed by atoms with E-state index in [2.05, 4.69) is 9.62 Å². The van der Waals surface area contributed by atoms with Crippen LogP contribution in [0.25, 0.3) is 0 Å². The number of ether oxygens (including phenoxy) is 1. The van der Waals surface area contributed by atoms with E-state index in [0.717, 1.165) is 0 Å². The van der Waals surface area contributed by atoms with Gasteiger partial charge in [-0.1, -0.05) is 0 Å². The predicted molar refractivity (Wildman–Crippen MR) is 74.3 cm³/mol. The highest BCUT2D eigenvalue weighted by Crippen LogP contribution is 2.34. The minimum absolute atomic E-state index is 0.393. The Kier molecular flexibility index (Phi) is 4.22. The summed E-state index contributed by atoms with van der Waals surface area (Å²) < 4.78 is 18.3. The molecule has 0 spiro atoms. The molecule has 0 amide bonds. The van der Waals surface area contributed by atoms with Gasteiger partial charge >= 0.3 is 5.97 Å². The molecule has 0 saturated heterocycles. The number of hydrogen-bond donors (Lipinski definition) is 1.